The second-order valence-corrected chi connectivity index (χ2v) is 11.2. The minimum atomic E-state index is -1.05. The van der Waals surface area contributed by atoms with Crippen LogP contribution in [0.2, 0.25) is 0 Å². The van der Waals surface area contributed by atoms with E-state index in [1.165, 1.54) is 5.56 Å². The Morgan fingerprint density at radius 1 is 1.18 bits per heavy atom. The van der Waals surface area contributed by atoms with Crippen molar-refractivity contribution >= 4 is 17.0 Å². The highest BCUT2D eigenvalue weighted by Gasteiger charge is 2.40. The van der Waals surface area contributed by atoms with Crippen LogP contribution in [0.4, 0.5) is 0 Å². The van der Waals surface area contributed by atoms with Crippen molar-refractivity contribution in [2.75, 3.05) is 13.2 Å². The first-order valence-electron chi connectivity index (χ1n) is 13.4. The molecule has 200 valence electrons. The number of carboxylic acid groups (broad SMARTS) is 1. The molecule has 0 amide bonds. The van der Waals surface area contributed by atoms with E-state index in [-0.39, 0.29) is 5.92 Å². The minimum Gasteiger partial charge on any atom is -0.481 e. The van der Waals surface area contributed by atoms with Gasteiger partial charge in [-0.25, -0.2) is 9.67 Å². The standard InChI is InChI=1S/C30H37N5O3/c1-19-6-7-22(17-23(19)18-35-13-12-31-26(35)16-21-10-14-38-15-11-21)27(30(3,4)29(36)37)24-8-9-25-28(20(24)2)32-33-34(25)5/h6-9,12-13,17,21,27H,10-11,14-16,18H2,1-5H3,(H,36,37). The summed E-state index contributed by atoms with van der Waals surface area (Å²) in [5.74, 6) is 0.483. The van der Waals surface area contributed by atoms with Gasteiger partial charge in [0.05, 0.1) is 10.9 Å². The van der Waals surface area contributed by atoms with Gasteiger partial charge in [0.25, 0.3) is 0 Å². The zero-order valence-corrected chi connectivity index (χ0v) is 22.9. The number of hydrogen-bond donors (Lipinski definition) is 1. The van der Waals surface area contributed by atoms with Gasteiger partial charge < -0.3 is 14.4 Å². The highest BCUT2D eigenvalue weighted by Crippen LogP contribution is 2.44. The van der Waals surface area contributed by atoms with Crippen LogP contribution >= 0.6 is 0 Å². The van der Waals surface area contributed by atoms with Crippen LogP contribution in [0.25, 0.3) is 11.0 Å². The fraction of sp³-hybridized carbons (Fsp3) is 0.467. The average Bonchev–Trinajstić information content (AvgIpc) is 3.49. The summed E-state index contributed by atoms with van der Waals surface area (Å²) in [6.45, 7) is 10.1. The fourth-order valence-corrected chi connectivity index (χ4v) is 5.78. The van der Waals surface area contributed by atoms with Crippen molar-refractivity contribution < 1.29 is 14.6 Å². The summed E-state index contributed by atoms with van der Waals surface area (Å²) in [5, 5.41) is 18.9. The second kappa shape index (κ2) is 10.3. The molecule has 8 nitrogen and oxygen atoms in total. The molecule has 0 aliphatic carbocycles. The van der Waals surface area contributed by atoms with E-state index in [1.807, 2.05) is 52.3 Å². The van der Waals surface area contributed by atoms with E-state index in [4.69, 9.17) is 4.74 Å². The van der Waals surface area contributed by atoms with Gasteiger partial charge in [0.2, 0.25) is 0 Å². The number of ether oxygens (including phenoxy) is 1. The number of imidazole rings is 1. The summed E-state index contributed by atoms with van der Waals surface area (Å²) in [4.78, 5) is 17.3. The van der Waals surface area contributed by atoms with Crippen molar-refractivity contribution in [1.82, 2.24) is 24.5 Å². The highest BCUT2D eigenvalue weighted by atomic mass is 16.5. The van der Waals surface area contributed by atoms with Gasteiger partial charge in [-0.1, -0.05) is 29.5 Å². The summed E-state index contributed by atoms with van der Waals surface area (Å²) < 4.78 is 9.51. The normalized spacial score (nSPS) is 15.7. The van der Waals surface area contributed by atoms with Gasteiger partial charge in [0, 0.05) is 51.5 Å². The van der Waals surface area contributed by atoms with Crippen molar-refractivity contribution in [2.24, 2.45) is 18.4 Å². The van der Waals surface area contributed by atoms with Crippen molar-refractivity contribution in [2.45, 2.75) is 59.4 Å². The van der Waals surface area contributed by atoms with E-state index >= 15 is 0 Å². The predicted octanol–water partition coefficient (Wildman–Crippen LogP) is 5.04. The highest BCUT2D eigenvalue weighted by molar-refractivity contribution is 5.81. The van der Waals surface area contributed by atoms with Gasteiger partial charge in [-0.15, -0.1) is 5.10 Å². The Labute approximate surface area is 223 Å². The summed E-state index contributed by atoms with van der Waals surface area (Å²) in [6.07, 6.45) is 7.02. The summed E-state index contributed by atoms with van der Waals surface area (Å²) >= 11 is 0. The number of fused-ring (bicyclic) bond motifs is 1. The predicted molar refractivity (Wildman–Crippen MR) is 146 cm³/mol. The first-order valence-corrected chi connectivity index (χ1v) is 13.4. The second-order valence-electron chi connectivity index (χ2n) is 11.2. The summed E-state index contributed by atoms with van der Waals surface area (Å²) in [6, 6.07) is 10.4. The van der Waals surface area contributed by atoms with Gasteiger partial charge in [-0.3, -0.25) is 4.79 Å². The van der Waals surface area contributed by atoms with Gasteiger partial charge in [-0.05, 0) is 80.3 Å². The Balaban J connectivity index is 1.53. The van der Waals surface area contributed by atoms with Gasteiger partial charge in [0.1, 0.15) is 11.3 Å². The molecule has 1 fully saturated rings. The molecule has 4 aromatic rings. The van der Waals surface area contributed by atoms with Crippen LogP contribution < -0.4 is 0 Å². The van der Waals surface area contributed by atoms with E-state index in [0.29, 0.717) is 12.5 Å². The molecule has 1 saturated heterocycles. The third kappa shape index (κ3) is 4.85. The lowest BCUT2D eigenvalue weighted by atomic mass is 9.69. The number of hydrogen-bond acceptors (Lipinski definition) is 5. The number of aryl methyl sites for hydroxylation is 3. The molecular formula is C30H37N5O3. The largest absolute Gasteiger partial charge is 0.481 e. The number of carboxylic acids is 1. The van der Waals surface area contributed by atoms with Crippen molar-refractivity contribution in [3.63, 3.8) is 0 Å². The Hall–Kier alpha value is -3.52. The molecule has 1 aliphatic rings. The van der Waals surface area contributed by atoms with E-state index < -0.39 is 11.4 Å². The van der Waals surface area contributed by atoms with Crippen LogP contribution in [0, 0.1) is 25.2 Å². The monoisotopic (exact) mass is 515 g/mol. The molecule has 0 bridgehead atoms. The molecule has 38 heavy (non-hydrogen) atoms. The maximum atomic E-state index is 12.6. The van der Waals surface area contributed by atoms with Gasteiger partial charge >= 0.3 is 5.97 Å². The molecule has 0 spiro atoms. The van der Waals surface area contributed by atoms with Crippen LogP contribution in [0.15, 0.2) is 42.7 Å². The number of aromatic nitrogens is 5. The van der Waals surface area contributed by atoms with Gasteiger partial charge in [0.15, 0.2) is 0 Å². The number of rotatable bonds is 8. The fourth-order valence-electron chi connectivity index (χ4n) is 5.78. The van der Waals surface area contributed by atoms with E-state index in [9.17, 15) is 9.90 Å². The van der Waals surface area contributed by atoms with Crippen LogP contribution in [0.5, 0.6) is 0 Å². The smallest absolute Gasteiger partial charge is 0.310 e. The lowest BCUT2D eigenvalue weighted by Gasteiger charge is -2.33. The molecule has 5 rings (SSSR count). The summed E-state index contributed by atoms with van der Waals surface area (Å²) in [5.41, 5.74) is 5.94. The first kappa shape index (κ1) is 26.1. The molecule has 8 heteroatoms. The lowest BCUT2D eigenvalue weighted by molar-refractivity contribution is -0.147. The van der Waals surface area contributed by atoms with E-state index in [0.717, 1.165) is 71.6 Å². The number of benzene rings is 2. The third-order valence-electron chi connectivity index (χ3n) is 8.32. The van der Waals surface area contributed by atoms with Crippen molar-refractivity contribution in [3.05, 3.63) is 76.4 Å². The molecule has 1 unspecified atom stereocenters. The first-order chi connectivity index (χ1) is 18.2. The molecular weight excluding hydrogens is 478 g/mol. The molecule has 0 radical (unpaired) electrons. The third-order valence-corrected chi connectivity index (χ3v) is 8.32. The maximum absolute atomic E-state index is 12.6. The zero-order chi connectivity index (χ0) is 27.0. The number of aliphatic carboxylic acids is 1. The summed E-state index contributed by atoms with van der Waals surface area (Å²) in [7, 11) is 1.87. The minimum absolute atomic E-state index is 0.366. The molecule has 1 N–H and O–H groups in total. The van der Waals surface area contributed by atoms with E-state index in [2.05, 4.69) is 45.0 Å². The molecule has 1 aliphatic heterocycles. The zero-order valence-electron chi connectivity index (χ0n) is 22.9. The average molecular weight is 516 g/mol. The van der Waals surface area contributed by atoms with Crippen molar-refractivity contribution in [3.8, 4) is 0 Å². The molecule has 3 heterocycles. The lowest BCUT2D eigenvalue weighted by Crippen LogP contribution is -2.32. The molecule has 2 aromatic carbocycles. The molecule has 1 atom stereocenters. The van der Waals surface area contributed by atoms with Crippen molar-refractivity contribution in [1.29, 1.82) is 0 Å². The number of nitrogens with zero attached hydrogens (tertiary/aromatic N) is 5. The van der Waals surface area contributed by atoms with Crippen LogP contribution in [0.1, 0.15) is 66.2 Å². The van der Waals surface area contributed by atoms with Crippen LogP contribution in [0.3, 0.4) is 0 Å². The number of carbonyl (C=O) groups is 1. The Morgan fingerprint density at radius 2 is 1.95 bits per heavy atom. The van der Waals surface area contributed by atoms with Gasteiger partial charge in [-0.2, -0.15) is 0 Å². The van der Waals surface area contributed by atoms with Crippen LogP contribution in [-0.4, -0.2) is 48.8 Å². The topological polar surface area (TPSA) is 95.1 Å². The Bertz CT molecular complexity index is 1460. The quantitative estimate of drug-likeness (QED) is 0.353. The SMILES string of the molecule is Cc1ccc(C(c2ccc3c(nnn3C)c2C)C(C)(C)C(=O)O)cc1Cn1ccnc1CC1CCOCC1. The maximum Gasteiger partial charge on any atom is 0.310 e. The Morgan fingerprint density at radius 3 is 2.68 bits per heavy atom. The molecule has 0 saturated carbocycles. The Kier molecular flexibility index (Phi) is 7.09. The van der Waals surface area contributed by atoms with E-state index in [1.54, 1.807) is 4.68 Å². The van der Waals surface area contributed by atoms with Crippen LogP contribution in [-0.2, 0) is 29.5 Å². The molecule has 2 aromatic heterocycles.